The van der Waals surface area contributed by atoms with E-state index in [1.54, 1.807) is 31.9 Å². The number of esters is 1. The van der Waals surface area contributed by atoms with Crippen molar-refractivity contribution in [3.8, 4) is 5.75 Å². The minimum Gasteiger partial charge on any atom is -0.496 e. The zero-order valence-corrected chi connectivity index (χ0v) is 11.5. The molecule has 0 fully saturated rings. The first-order valence-electron chi connectivity index (χ1n) is 5.40. The van der Waals surface area contributed by atoms with Crippen molar-refractivity contribution in [2.45, 2.75) is 11.8 Å². The van der Waals surface area contributed by atoms with E-state index in [9.17, 15) is 4.79 Å². The van der Waals surface area contributed by atoms with E-state index < -0.39 is 0 Å². The van der Waals surface area contributed by atoms with Crippen molar-refractivity contribution in [3.63, 3.8) is 0 Å². The highest BCUT2D eigenvalue weighted by Crippen LogP contribution is 2.31. The second kappa shape index (κ2) is 6.96. The molecule has 0 spiro atoms. The van der Waals surface area contributed by atoms with Crippen LogP contribution in [0, 0.1) is 0 Å². The molecule has 5 heteroatoms. The molecule has 0 radical (unpaired) electrons. The van der Waals surface area contributed by atoms with Crippen LogP contribution in [0.4, 0.5) is 5.69 Å². The van der Waals surface area contributed by atoms with E-state index in [0.29, 0.717) is 17.0 Å². The summed E-state index contributed by atoms with van der Waals surface area (Å²) in [6.07, 6.45) is 1.83. The molecule has 0 aliphatic rings. The third kappa shape index (κ3) is 4.00. The molecule has 1 aromatic carbocycles. The summed E-state index contributed by atoms with van der Waals surface area (Å²) in [6, 6.07) is 5.50. The number of hydrogen-bond donors (Lipinski definition) is 1. The van der Waals surface area contributed by atoms with Gasteiger partial charge in [-0.05, 0) is 19.1 Å². The molecule has 0 bridgehead atoms. The Morgan fingerprint density at radius 1 is 1.44 bits per heavy atom. The monoisotopic (exact) mass is 267 g/mol. The van der Waals surface area contributed by atoms with Gasteiger partial charge in [-0.25, -0.2) is 4.79 Å². The number of rotatable bonds is 5. The summed E-state index contributed by atoms with van der Waals surface area (Å²) in [4.78, 5) is 12.2. The van der Waals surface area contributed by atoms with Gasteiger partial charge in [0.25, 0.3) is 0 Å². The van der Waals surface area contributed by atoms with Crippen LogP contribution in [-0.4, -0.2) is 25.9 Å². The topological polar surface area (TPSA) is 61.5 Å². The molecule has 18 heavy (non-hydrogen) atoms. The maximum atomic E-state index is 11.2. The molecule has 0 amide bonds. The van der Waals surface area contributed by atoms with E-state index in [-0.39, 0.29) is 5.97 Å². The molecule has 0 unspecified atom stereocenters. The summed E-state index contributed by atoms with van der Waals surface area (Å²) in [5.74, 6) is 1.10. The van der Waals surface area contributed by atoms with Crippen LogP contribution in [0.3, 0.4) is 0 Å². The molecule has 2 N–H and O–H groups in total. The lowest BCUT2D eigenvalue weighted by molar-refractivity contribution is -0.136. The maximum Gasteiger partial charge on any atom is 0.333 e. The average molecular weight is 267 g/mol. The number of methoxy groups -OCH3 is 2. The molecular weight excluding hydrogens is 250 g/mol. The lowest BCUT2D eigenvalue weighted by Crippen LogP contribution is -2.01. The predicted octanol–water partition coefficient (Wildman–Crippen LogP) is 2.49. The Labute approximate surface area is 111 Å². The zero-order chi connectivity index (χ0) is 13.5. The first kappa shape index (κ1) is 14.4. The van der Waals surface area contributed by atoms with Crippen molar-refractivity contribution in [3.05, 3.63) is 29.8 Å². The fourth-order valence-electron chi connectivity index (χ4n) is 1.30. The van der Waals surface area contributed by atoms with Crippen LogP contribution in [-0.2, 0) is 9.53 Å². The van der Waals surface area contributed by atoms with Gasteiger partial charge in [0.05, 0.1) is 14.2 Å². The lowest BCUT2D eigenvalue weighted by atomic mass is 10.3. The highest BCUT2D eigenvalue weighted by atomic mass is 32.2. The van der Waals surface area contributed by atoms with Gasteiger partial charge in [-0.1, -0.05) is 6.08 Å². The van der Waals surface area contributed by atoms with Crippen LogP contribution >= 0.6 is 11.8 Å². The molecule has 0 saturated heterocycles. The molecule has 0 atom stereocenters. The summed E-state index contributed by atoms with van der Waals surface area (Å²) < 4.78 is 9.86. The summed E-state index contributed by atoms with van der Waals surface area (Å²) in [6.45, 7) is 1.73. The van der Waals surface area contributed by atoms with E-state index in [0.717, 1.165) is 10.6 Å². The average Bonchev–Trinajstić information content (AvgIpc) is 2.39. The number of nitrogen functional groups attached to an aromatic ring is 1. The van der Waals surface area contributed by atoms with Crippen molar-refractivity contribution in [2.24, 2.45) is 0 Å². The van der Waals surface area contributed by atoms with Crippen molar-refractivity contribution in [1.29, 1.82) is 0 Å². The Bertz CT molecular complexity index is 458. The highest BCUT2D eigenvalue weighted by molar-refractivity contribution is 7.99. The van der Waals surface area contributed by atoms with Crippen LogP contribution in [0.2, 0.25) is 0 Å². The smallest absolute Gasteiger partial charge is 0.333 e. The number of thioether (sulfide) groups is 1. The first-order valence-corrected chi connectivity index (χ1v) is 6.38. The molecule has 1 aromatic rings. The zero-order valence-electron chi connectivity index (χ0n) is 10.7. The fraction of sp³-hybridized carbons (Fsp3) is 0.308. The Hall–Kier alpha value is -1.62. The normalized spacial score (nSPS) is 11.2. The quantitative estimate of drug-likeness (QED) is 0.384. The van der Waals surface area contributed by atoms with E-state index in [1.165, 1.54) is 7.11 Å². The molecule has 4 nitrogen and oxygen atoms in total. The van der Waals surface area contributed by atoms with Crippen LogP contribution in [0.25, 0.3) is 0 Å². The van der Waals surface area contributed by atoms with Crippen molar-refractivity contribution in [1.82, 2.24) is 0 Å². The van der Waals surface area contributed by atoms with Crippen LogP contribution in [0.15, 0.2) is 34.7 Å². The number of anilines is 1. The van der Waals surface area contributed by atoms with Crippen LogP contribution in [0.5, 0.6) is 5.75 Å². The van der Waals surface area contributed by atoms with Crippen molar-refractivity contribution >= 4 is 23.4 Å². The number of nitrogens with two attached hydrogens (primary N) is 1. The Kier molecular flexibility index (Phi) is 5.58. The van der Waals surface area contributed by atoms with Gasteiger partial charge in [0.2, 0.25) is 0 Å². The van der Waals surface area contributed by atoms with Crippen molar-refractivity contribution < 1.29 is 14.3 Å². The van der Waals surface area contributed by atoms with Gasteiger partial charge in [-0.3, -0.25) is 0 Å². The molecule has 0 aliphatic heterocycles. The molecule has 1 rings (SSSR count). The second-order valence-electron chi connectivity index (χ2n) is 3.60. The molecule has 98 valence electrons. The van der Waals surface area contributed by atoms with E-state index >= 15 is 0 Å². The number of benzene rings is 1. The third-order valence-electron chi connectivity index (χ3n) is 2.32. The SMILES string of the molecule is COC(=O)C(C)=CCSc1ccc(N)cc1OC. The summed E-state index contributed by atoms with van der Waals surface area (Å²) in [7, 11) is 2.98. The Morgan fingerprint density at radius 2 is 2.17 bits per heavy atom. The number of carbonyl (C=O) groups is 1. The van der Waals surface area contributed by atoms with Gasteiger partial charge < -0.3 is 15.2 Å². The Balaban J connectivity index is 2.67. The summed E-state index contributed by atoms with van der Waals surface area (Å²) in [5, 5.41) is 0. The van der Waals surface area contributed by atoms with Gasteiger partial charge in [-0.15, -0.1) is 11.8 Å². The number of ether oxygens (including phenoxy) is 2. The van der Waals surface area contributed by atoms with Gasteiger partial charge in [-0.2, -0.15) is 0 Å². The van der Waals surface area contributed by atoms with E-state index in [1.807, 2.05) is 18.2 Å². The summed E-state index contributed by atoms with van der Waals surface area (Å²) in [5.41, 5.74) is 6.94. The van der Waals surface area contributed by atoms with Crippen LogP contribution in [0.1, 0.15) is 6.92 Å². The number of carbonyl (C=O) groups excluding carboxylic acids is 1. The molecular formula is C13H17NO3S. The van der Waals surface area contributed by atoms with Gasteiger partial charge >= 0.3 is 5.97 Å². The molecule has 0 aromatic heterocycles. The van der Waals surface area contributed by atoms with E-state index in [4.69, 9.17) is 10.5 Å². The highest BCUT2D eigenvalue weighted by Gasteiger charge is 2.05. The van der Waals surface area contributed by atoms with Gasteiger partial charge in [0.1, 0.15) is 5.75 Å². The maximum absolute atomic E-state index is 11.2. The second-order valence-corrected chi connectivity index (χ2v) is 4.66. The molecule has 0 aliphatic carbocycles. The standard InChI is InChI=1S/C13H17NO3S/c1-9(13(15)17-3)6-7-18-12-5-4-10(14)8-11(12)16-2/h4-6,8H,7,14H2,1-3H3. The predicted molar refractivity (Wildman–Crippen MR) is 73.9 cm³/mol. The van der Waals surface area contributed by atoms with Gasteiger partial charge in [0.15, 0.2) is 0 Å². The van der Waals surface area contributed by atoms with E-state index in [2.05, 4.69) is 4.74 Å². The minimum absolute atomic E-state index is 0.306. The molecule has 0 saturated carbocycles. The number of hydrogen-bond acceptors (Lipinski definition) is 5. The fourth-order valence-corrected chi connectivity index (χ4v) is 2.27. The van der Waals surface area contributed by atoms with Crippen LogP contribution < -0.4 is 10.5 Å². The minimum atomic E-state index is -0.306. The van der Waals surface area contributed by atoms with Gasteiger partial charge in [0, 0.05) is 28.0 Å². The third-order valence-corrected chi connectivity index (χ3v) is 3.31. The molecule has 0 heterocycles. The lowest BCUT2D eigenvalue weighted by Gasteiger charge is -2.07. The first-order chi connectivity index (χ1) is 8.58. The largest absolute Gasteiger partial charge is 0.496 e. The summed E-state index contributed by atoms with van der Waals surface area (Å²) >= 11 is 1.57. The Morgan fingerprint density at radius 3 is 2.78 bits per heavy atom. The van der Waals surface area contributed by atoms with Crippen molar-refractivity contribution in [2.75, 3.05) is 25.7 Å².